The van der Waals surface area contributed by atoms with Gasteiger partial charge in [0.25, 0.3) is 5.92 Å². The predicted molar refractivity (Wildman–Crippen MR) is 55.3 cm³/mol. The smallest absolute Gasteiger partial charge is 0.418 e. The normalized spacial score (nSPS) is 13.7. The molecule has 0 heterocycles. The molecule has 0 saturated heterocycles. The monoisotopic (exact) mass is 372 g/mol. The minimum absolute atomic E-state index is 0.206. The second kappa shape index (κ2) is 5.38. The summed E-state index contributed by atoms with van der Waals surface area (Å²) in [5.41, 5.74) is 0. The van der Waals surface area contributed by atoms with Crippen molar-refractivity contribution in [3.63, 3.8) is 0 Å². The van der Waals surface area contributed by atoms with Crippen LogP contribution in [0, 0.1) is 5.92 Å². The summed E-state index contributed by atoms with van der Waals surface area (Å²) < 4.78 is 103. The molecule has 0 N–H and O–H groups in total. The molecule has 1 rings (SSSR count). The number of halogens is 9. The number of benzene rings is 1. The highest BCUT2D eigenvalue weighted by Gasteiger charge is 2.71. The Hall–Kier alpha value is -1.06. The summed E-state index contributed by atoms with van der Waals surface area (Å²) in [6, 6.07) is 4.37. The Balaban J connectivity index is 3.16. The van der Waals surface area contributed by atoms with Crippen LogP contribution in [0.15, 0.2) is 28.7 Å². The van der Waals surface area contributed by atoms with Gasteiger partial charge in [-0.15, -0.1) is 0 Å². The molecule has 0 radical (unpaired) electrons. The molecule has 1 aromatic rings. The molecule has 0 aromatic heterocycles. The number of ether oxygens (including phenoxy) is 1. The van der Waals surface area contributed by atoms with E-state index < -0.39 is 30.1 Å². The van der Waals surface area contributed by atoms with Crippen LogP contribution in [0.5, 0.6) is 5.75 Å². The van der Waals surface area contributed by atoms with Crippen LogP contribution in [0.4, 0.5) is 35.1 Å². The minimum atomic E-state index is -6.21. The highest BCUT2D eigenvalue weighted by atomic mass is 79.9. The molecule has 114 valence electrons. The van der Waals surface area contributed by atoms with E-state index in [0.29, 0.717) is 0 Å². The molecule has 0 unspecified atom stereocenters. The maximum Gasteiger partial charge on any atom is 0.418 e. The van der Waals surface area contributed by atoms with Gasteiger partial charge in [-0.3, -0.25) is 0 Å². The van der Waals surface area contributed by atoms with Crippen LogP contribution in [-0.2, 0) is 0 Å². The van der Waals surface area contributed by atoms with E-state index in [-0.39, 0.29) is 4.47 Å². The number of hydrogen-bond acceptors (Lipinski definition) is 1. The summed E-state index contributed by atoms with van der Waals surface area (Å²) >= 11 is 2.68. The largest absolute Gasteiger partial charge is 0.431 e. The lowest BCUT2D eigenvalue weighted by Crippen LogP contribution is -2.51. The van der Waals surface area contributed by atoms with Crippen LogP contribution in [0.2, 0.25) is 0 Å². The third kappa shape index (κ3) is 3.97. The molecular formula is C10H5BrF8O. The Morgan fingerprint density at radius 2 is 1.30 bits per heavy atom. The third-order valence-electron chi connectivity index (χ3n) is 2.07. The van der Waals surface area contributed by atoms with Crippen LogP contribution in [-0.4, -0.2) is 18.5 Å². The summed E-state index contributed by atoms with van der Waals surface area (Å²) in [5.74, 6) is -5.76. The molecule has 0 aliphatic heterocycles. The Kier molecular flexibility index (Phi) is 4.57. The van der Waals surface area contributed by atoms with E-state index in [9.17, 15) is 35.1 Å². The Morgan fingerprint density at radius 3 is 1.70 bits per heavy atom. The second-order valence-corrected chi connectivity index (χ2v) is 4.46. The molecule has 0 amide bonds. The number of alkyl halides is 8. The predicted octanol–water partition coefficient (Wildman–Crippen LogP) is 5.16. The summed E-state index contributed by atoms with van der Waals surface area (Å²) in [4.78, 5) is 0. The van der Waals surface area contributed by atoms with Gasteiger partial charge in [0.15, 0.2) is 0 Å². The zero-order valence-corrected chi connectivity index (χ0v) is 10.8. The van der Waals surface area contributed by atoms with Gasteiger partial charge in [0, 0.05) is 0 Å². The summed E-state index contributed by atoms with van der Waals surface area (Å²) in [6.45, 7) is 0. The van der Waals surface area contributed by atoms with Crippen molar-refractivity contribution in [2.75, 3.05) is 0 Å². The van der Waals surface area contributed by atoms with Crippen molar-refractivity contribution in [2.45, 2.75) is 18.5 Å². The van der Waals surface area contributed by atoms with Gasteiger partial charge in [-0.2, -0.15) is 35.1 Å². The lowest BCUT2D eigenvalue weighted by atomic mass is 10.1. The maximum atomic E-state index is 13.3. The van der Waals surface area contributed by atoms with Crippen LogP contribution in [0.25, 0.3) is 0 Å². The van der Waals surface area contributed by atoms with Crippen molar-refractivity contribution in [3.05, 3.63) is 28.7 Å². The van der Waals surface area contributed by atoms with Crippen molar-refractivity contribution in [2.24, 2.45) is 5.92 Å². The van der Waals surface area contributed by atoms with Crippen LogP contribution >= 0.6 is 15.9 Å². The van der Waals surface area contributed by atoms with E-state index in [2.05, 4.69) is 20.7 Å². The standard InChI is InChI=1S/C10H5BrF8O/c11-5-3-1-2-4-6(5)20-10(18,19)7(8(12,13)14)9(15,16)17/h1-4,7H. The van der Waals surface area contributed by atoms with Gasteiger partial charge in [-0.05, 0) is 28.1 Å². The fraction of sp³-hybridized carbons (Fsp3) is 0.400. The van der Waals surface area contributed by atoms with Gasteiger partial charge in [0.05, 0.1) is 4.47 Å². The molecule has 0 aliphatic rings. The minimum Gasteiger partial charge on any atom is -0.431 e. The van der Waals surface area contributed by atoms with Crippen LogP contribution in [0.3, 0.4) is 0 Å². The first-order chi connectivity index (χ1) is 8.86. The highest BCUT2D eigenvalue weighted by molar-refractivity contribution is 9.10. The van der Waals surface area contributed by atoms with Crippen molar-refractivity contribution in [3.8, 4) is 5.75 Å². The molecule has 10 heteroatoms. The van der Waals surface area contributed by atoms with Crippen molar-refractivity contribution < 1.29 is 39.9 Å². The van der Waals surface area contributed by atoms with E-state index in [1.165, 1.54) is 6.07 Å². The molecule has 1 aromatic carbocycles. The summed E-state index contributed by atoms with van der Waals surface area (Å²) in [6.07, 6.45) is -17.9. The first kappa shape index (κ1) is 17.0. The quantitative estimate of drug-likeness (QED) is 0.665. The van der Waals surface area contributed by atoms with E-state index in [0.717, 1.165) is 18.2 Å². The van der Waals surface area contributed by atoms with E-state index >= 15 is 0 Å². The number of hydrogen-bond donors (Lipinski definition) is 0. The van der Waals surface area contributed by atoms with Gasteiger partial charge >= 0.3 is 18.5 Å². The van der Waals surface area contributed by atoms with E-state index in [1.54, 1.807) is 0 Å². The first-order valence-electron chi connectivity index (χ1n) is 4.80. The second-order valence-electron chi connectivity index (χ2n) is 3.61. The Morgan fingerprint density at radius 1 is 0.850 bits per heavy atom. The van der Waals surface area contributed by atoms with Crippen LogP contribution < -0.4 is 4.74 Å². The lowest BCUT2D eigenvalue weighted by Gasteiger charge is -2.30. The Labute approximate surface area is 115 Å². The summed E-state index contributed by atoms with van der Waals surface area (Å²) in [7, 11) is 0. The summed E-state index contributed by atoms with van der Waals surface area (Å²) in [5, 5.41) is 0. The van der Waals surface area contributed by atoms with Gasteiger partial charge in [-0.1, -0.05) is 12.1 Å². The molecule has 0 saturated carbocycles. The Bertz CT molecular complexity index is 453. The maximum absolute atomic E-state index is 13.3. The lowest BCUT2D eigenvalue weighted by molar-refractivity contribution is -0.379. The fourth-order valence-electron chi connectivity index (χ4n) is 1.30. The SMILES string of the molecule is FC(F)(F)C(C(F)(F)F)C(F)(F)Oc1ccccc1Br. The van der Waals surface area contributed by atoms with Gasteiger partial charge < -0.3 is 4.74 Å². The first-order valence-corrected chi connectivity index (χ1v) is 5.60. The average molecular weight is 373 g/mol. The van der Waals surface area contributed by atoms with Crippen molar-refractivity contribution in [1.82, 2.24) is 0 Å². The van der Waals surface area contributed by atoms with Gasteiger partial charge in [0.2, 0.25) is 0 Å². The molecule has 20 heavy (non-hydrogen) atoms. The molecular weight excluding hydrogens is 368 g/mol. The highest BCUT2D eigenvalue weighted by Crippen LogP contribution is 2.49. The molecule has 0 bridgehead atoms. The fourth-order valence-corrected chi connectivity index (χ4v) is 1.67. The van der Waals surface area contributed by atoms with Crippen molar-refractivity contribution >= 4 is 15.9 Å². The molecule has 1 nitrogen and oxygen atoms in total. The topological polar surface area (TPSA) is 9.23 Å². The molecule has 0 spiro atoms. The molecule has 0 aliphatic carbocycles. The van der Waals surface area contributed by atoms with Gasteiger partial charge in [0.1, 0.15) is 5.75 Å². The van der Waals surface area contributed by atoms with Crippen molar-refractivity contribution in [1.29, 1.82) is 0 Å². The zero-order chi connectivity index (χ0) is 15.8. The zero-order valence-electron chi connectivity index (χ0n) is 9.20. The molecule has 0 fully saturated rings. The average Bonchev–Trinajstić information content (AvgIpc) is 2.15. The van der Waals surface area contributed by atoms with E-state index in [1.807, 2.05) is 0 Å². The van der Waals surface area contributed by atoms with E-state index in [4.69, 9.17) is 0 Å². The third-order valence-corrected chi connectivity index (χ3v) is 2.73. The number of rotatable bonds is 3. The number of para-hydroxylation sites is 1. The van der Waals surface area contributed by atoms with Gasteiger partial charge in [-0.25, -0.2) is 0 Å². The van der Waals surface area contributed by atoms with Crippen LogP contribution in [0.1, 0.15) is 0 Å². The molecule has 0 atom stereocenters.